The van der Waals surface area contributed by atoms with E-state index in [9.17, 15) is 4.79 Å². The molecule has 2 rings (SSSR count). The molecule has 1 unspecified atom stereocenters. The number of carbonyl (C=O) groups excluding carboxylic acids is 1. The topological polar surface area (TPSA) is 56.8 Å². The van der Waals surface area contributed by atoms with E-state index in [1.165, 1.54) is 0 Å². The summed E-state index contributed by atoms with van der Waals surface area (Å²) >= 11 is 0. The van der Waals surface area contributed by atoms with Crippen LogP contribution in [0.25, 0.3) is 6.08 Å². The van der Waals surface area contributed by atoms with Crippen molar-refractivity contribution in [1.29, 1.82) is 0 Å². The van der Waals surface area contributed by atoms with Gasteiger partial charge in [0.1, 0.15) is 5.70 Å². The van der Waals surface area contributed by atoms with Crippen LogP contribution in [0.5, 0.6) is 11.5 Å². The second-order valence-electron chi connectivity index (χ2n) is 4.32. The highest BCUT2D eigenvalue weighted by Gasteiger charge is 2.24. The Morgan fingerprint density at radius 1 is 1.25 bits per heavy atom. The summed E-state index contributed by atoms with van der Waals surface area (Å²) in [4.78, 5) is 11.6. The molecule has 0 aliphatic carbocycles. The first-order chi connectivity index (χ1) is 9.63. The van der Waals surface area contributed by atoms with E-state index in [2.05, 4.69) is 5.32 Å². The van der Waals surface area contributed by atoms with Crippen molar-refractivity contribution in [2.45, 2.75) is 27.0 Å². The highest BCUT2D eigenvalue weighted by atomic mass is 16.6. The highest BCUT2D eigenvalue weighted by molar-refractivity contribution is 5.94. The molecule has 5 nitrogen and oxygen atoms in total. The van der Waals surface area contributed by atoms with Crippen LogP contribution in [0.2, 0.25) is 0 Å². The van der Waals surface area contributed by atoms with Gasteiger partial charge in [0.2, 0.25) is 0 Å². The van der Waals surface area contributed by atoms with Crippen LogP contribution in [0.4, 0.5) is 0 Å². The van der Waals surface area contributed by atoms with E-state index in [0.717, 1.165) is 5.56 Å². The van der Waals surface area contributed by atoms with Crippen molar-refractivity contribution in [1.82, 2.24) is 5.32 Å². The van der Waals surface area contributed by atoms with E-state index in [1.54, 1.807) is 13.0 Å². The van der Waals surface area contributed by atoms with Gasteiger partial charge in [-0.25, -0.2) is 4.79 Å². The molecule has 1 aliphatic rings. The Morgan fingerprint density at radius 2 is 1.95 bits per heavy atom. The van der Waals surface area contributed by atoms with E-state index >= 15 is 0 Å². The van der Waals surface area contributed by atoms with Gasteiger partial charge in [-0.3, -0.25) is 0 Å². The van der Waals surface area contributed by atoms with Gasteiger partial charge in [-0.2, -0.15) is 0 Å². The van der Waals surface area contributed by atoms with E-state index in [4.69, 9.17) is 14.2 Å². The second kappa shape index (κ2) is 6.32. The van der Waals surface area contributed by atoms with Gasteiger partial charge in [-0.1, -0.05) is 6.07 Å². The molecule has 1 aliphatic heterocycles. The lowest BCUT2D eigenvalue weighted by molar-refractivity contribution is -0.138. The molecular formula is C15H19NO4. The number of hydrogen-bond acceptors (Lipinski definition) is 5. The summed E-state index contributed by atoms with van der Waals surface area (Å²) in [5.74, 6) is 1.03. The molecule has 20 heavy (non-hydrogen) atoms. The largest absolute Gasteiger partial charge is 0.490 e. The third kappa shape index (κ3) is 3.23. The predicted molar refractivity (Wildman–Crippen MR) is 75.4 cm³/mol. The van der Waals surface area contributed by atoms with Gasteiger partial charge in [0.05, 0.1) is 13.2 Å². The van der Waals surface area contributed by atoms with Crippen molar-refractivity contribution in [2.24, 2.45) is 0 Å². The molecular weight excluding hydrogens is 258 g/mol. The number of rotatable bonds is 5. The summed E-state index contributed by atoms with van der Waals surface area (Å²) in [7, 11) is 0. The number of ether oxygens (including phenoxy) is 3. The molecule has 1 N–H and O–H groups in total. The van der Waals surface area contributed by atoms with Crippen molar-refractivity contribution in [3.05, 3.63) is 29.5 Å². The van der Waals surface area contributed by atoms with Gasteiger partial charge in [-0.15, -0.1) is 0 Å². The van der Waals surface area contributed by atoms with Crippen molar-refractivity contribution in [3.63, 3.8) is 0 Å². The molecule has 1 fully saturated rings. The first kappa shape index (κ1) is 14.2. The predicted octanol–water partition coefficient (Wildman–Crippen LogP) is 2.32. The van der Waals surface area contributed by atoms with Crippen molar-refractivity contribution in [3.8, 4) is 11.5 Å². The van der Waals surface area contributed by atoms with Gasteiger partial charge in [0, 0.05) is 0 Å². The molecule has 1 aromatic carbocycles. The Bertz CT molecular complexity index is 525. The van der Waals surface area contributed by atoms with Crippen LogP contribution in [0.1, 0.15) is 26.3 Å². The van der Waals surface area contributed by atoms with Crippen LogP contribution in [-0.2, 0) is 9.53 Å². The van der Waals surface area contributed by atoms with Crippen LogP contribution in [0.15, 0.2) is 23.9 Å². The zero-order chi connectivity index (χ0) is 14.5. The average Bonchev–Trinajstić information content (AvgIpc) is 2.71. The van der Waals surface area contributed by atoms with Crippen molar-refractivity contribution in [2.75, 3.05) is 13.2 Å². The number of benzene rings is 1. The van der Waals surface area contributed by atoms with Crippen LogP contribution in [-0.4, -0.2) is 25.4 Å². The first-order valence-electron chi connectivity index (χ1n) is 6.73. The molecule has 0 radical (unpaired) electrons. The van der Waals surface area contributed by atoms with Gasteiger partial charge < -0.3 is 19.5 Å². The van der Waals surface area contributed by atoms with Crippen LogP contribution >= 0.6 is 0 Å². The summed E-state index contributed by atoms with van der Waals surface area (Å²) in [6.07, 6.45) is 1.45. The number of hydrogen-bond donors (Lipinski definition) is 1. The minimum absolute atomic E-state index is 0.289. The summed E-state index contributed by atoms with van der Waals surface area (Å²) in [5, 5.41) is 2.96. The zero-order valence-corrected chi connectivity index (χ0v) is 11.9. The third-order valence-corrected chi connectivity index (χ3v) is 2.74. The number of carbonyl (C=O) groups is 1. The van der Waals surface area contributed by atoms with Crippen molar-refractivity contribution < 1.29 is 19.0 Å². The smallest absolute Gasteiger partial charge is 0.356 e. The van der Waals surface area contributed by atoms with Crippen molar-refractivity contribution >= 4 is 12.0 Å². The lowest BCUT2D eigenvalue weighted by Crippen LogP contribution is -2.16. The Hall–Kier alpha value is -2.17. The number of nitrogens with one attached hydrogen (secondary N) is 1. The lowest BCUT2D eigenvalue weighted by atomic mass is 10.1. The molecule has 0 spiro atoms. The monoisotopic (exact) mass is 277 g/mol. The molecule has 0 bridgehead atoms. The number of esters is 1. The Labute approximate surface area is 118 Å². The third-order valence-electron chi connectivity index (χ3n) is 2.74. The van der Waals surface area contributed by atoms with E-state index in [-0.39, 0.29) is 12.2 Å². The lowest BCUT2D eigenvalue weighted by Gasteiger charge is -2.11. The van der Waals surface area contributed by atoms with Gasteiger partial charge >= 0.3 is 5.97 Å². The minimum atomic E-state index is -0.343. The van der Waals surface area contributed by atoms with Gasteiger partial charge in [0.15, 0.2) is 17.7 Å². The molecule has 5 heteroatoms. The maximum atomic E-state index is 11.6. The normalized spacial score (nSPS) is 19.6. The summed E-state index contributed by atoms with van der Waals surface area (Å²) in [6, 6.07) is 5.56. The van der Waals surface area contributed by atoms with Gasteiger partial charge in [0.25, 0.3) is 0 Å². The molecule has 1 atom stereocenters. The molecule has 1 heterocycles. The second-order valence-corrected chi connectivity index (χ2v) is 4.32. The fourth-order valence-electron chi connectivity index (χ4n) is 1.96. The van der Waals surface area contributed by atoms with Crippen LogP contribution < -0.4 is 14.8 Å². The fourth-order valence-corrected chi connectivity index (χ4v) is 1.96. The summed E-state index contributed by atoms with van der Waals surface area (Å²) in [5.41, 5.74) is 1.30. The van der Waals surface area contributed by atoms with Gasteiger partial charge in [-0.05, 0) is 44.5 Å². The Morgan fingerprint density at radius 3 is 2.55 bits per heavy atom. The summed E-state index contributed by atoms with van der Waals surface area (Å²) in [6.45, 7) is 6.75. The quantitative estimate of drug-likeness (QED) is 0.661. The molecule has 1 aromatic rings. The van der Waals surface area contributed by atoms with Crippen LogP contribution in [0.3, 0.4) is 0 Å². The maximum Gasteiger partial charge on any atom is 0.356 e. The first-order valence-corrected chi connectivity index (χ1v) is 6.73. The van der Waals surface area contributed by atoms with Crippen LogP contribution in [0, 0.1) is 0 Å². The van der Waals surface area contributed by atoms with E-state index < -0.39 is 0 Å². The Balaban J connectivity index is 2.26. The maximum absolute atomic E-state index is 11.6. The zero-order valence-electron chi connectivity index (χ0n) is 11.9. The molecule has 0 amide bonds. The summed E-state index contributed by atoms with van der Waals surface area (Å²) < 4.78 is 16.1. The molecule has 0 saturated carbocycles. The molecule has 1 saturated heterocycles. The number of cyclic esters (lactones) is 1. The average molecular weight is 277 g/mol. The fraction of sp³-hybridized carbons (Fsp3) is 0.400. The standard InChI is InChI=1S/C15H19NO4/c1-4-18-13-7-6-11(9-14(13)19-5-2)8-12-15(17)20-10(3)16-12/h6-10,16H,4-5H2,1-3H3/b12-8-. The van der Waals surface area contributed by atoms with E-state index in [1.807, 2.05) is 32.0 Å². The highest BCUT2D eigenvalue weighted by Crippen LogP contribution is 2.29. The molecule has 0 aromatic heterocycles. The SMILES string of the molecule is CCOc1ccc(/C=C2\NC(C)OC2=O)cc1OCC. The minimum Gasteiger partial charge on any atom is -0.490 e. The Kier molecular flexibility index (Phi) is 4.50. The van der Waals surface area contributed by atoms with E-state index in [0.29, 0.717) is 30.4 Å². The molecule has 108 valence electrons.